The van der Waals surface area contributed by atoms with Crippen LogP contribution in [-0.4, -0.2) is 40.7 Å². The Kier molecular flexibility index (Phi) is 5.65. The van der Waals surface area contributed by atoms with E-state index in [9.17, 15) is 4.79 Å². The van der Waals surface area contributed by atoms with Crippen LogP contribution in [0.25, 0.3) is 0 Å². The molecule has 0 radical (unpaired) electrons. The van der Waals surface area contributed by atoms with Crippen LogP contribution < -0.4 is 10.1 Å². The molecule has 1 aromatic heterocycles. The van der Waals surface area contributed by atoms with Crippen LogP contribution in [0, 0.1) is 5.92 Å². The number of fused-ring (bicyclic) bond motifs is 2. The fraction of sp³-hybridized carbons (Fsp3) is 0.500. The van der Waals surface area contributed by atoms with Crippen molar-refractivity contribution in [2.75, 3.05) is 13.7 Å². The Hall–Kier alpha value is -2.41. The number of amides is 1. The fourth-order valence-electron chi connectivity index (χ4n) is 2.92. The summed E-state index contributed by atoms with van der Waals surface area (Å²) < 4.78 is 12.6. The van der Waals surface area contributed by atoms with Gasteiger partial charge in [-0.3, -0.25) is 9.48 Å². The van der Waals surface area contributed by atoms with Crippen LogP contribution >= 0.6 is 0 Å². The van der Waals surface area contributed by atoms with Crippen LogP contribution in [0.2, 0.25) is 0 Å². The summed E-state index contributed by atoms with van der Waals surface area (Å²) in [5.74, 6) is 0.726. The third kappa shape index (κ3) is 4.79. The lowest BCUT2D eigenvalue weighted by molar-refractivity contribution is -0.126. The first-order valence-electron chi connectivity index (χ1n) is 8.54. The molecule has 3 rings (SSSR count). The second kappa shape index (κ2) is 8.11. The number of methoxy groups -OCH3 is 1. The van der Waals surface area contributed by atoms with E-state index in [1.807, 2.05) is 37.4 Å². The summed E-state index contributed by atoms with van der Waals surface area (Å²) in [6, 6.07) is 7.80. The number of aromatic nitrogens is 3. The van der Waals surface area contributed by atoms with Gasteiger partial charge in [-0.25, -0.2) is 0 Å². The van der Waals surface area contributed by atoms with Crippen molar-refractivity contribution in [2.24, 2.45) is 5.92 Å². The molecule has 2 bridgehead atoms. The Morgan fingerprint density at radius 3 is 2.92 bits per heavy atom. The van der Waals surface area contributed by atoms with Crippen LogP contribution in [0.1, 0.15) is 24.6 Å². The molecule has 1 amide bonds. The first kappa shape index (κ1) is 17.4. The third-order valence-electron chi connectivity index (χ3n) is 4.31. The SMILES string of the molecule is COc1ccc(C[C@H]2CCn3cc(nn3)COC[C@H](C)NC2=O)cc1. The second-order valence-electron chi connectivity index (χ2n) is 6.44. The van der Waals surface area contributed by atoms with Crippen molar-refractivity contribution in [3.63, 3.8) is 0 Å². The van der Waals surface area contributed by atoms with E-state index in [4.69, 9.17) is 9.47 Å². The maximum Gasteiger partial charge on any atom is 0.223 e. The summed E-state index contributed by atoms with van der Waals surface area (Å²) >= 11 is 0. The van der Waals surface area contributed by atoms with E-state index in [1.54, 1.807) is 11.8 Å². The Bertz CT molecular complexity index is 699. The summed E-state index contributed by atoms with van der Waals surface area (Å²) in [6.45, 7) is 3.46. The second-order valence-corrected chi connectivity index (χ2v) is 6.44. The van der Waals surface area contributed by atoms with Crippen molar-refractivity contribution in [1.29, 1.82) is 0 Å². The highest BCUT2D eigenvalue weighted by Gasteiger charge is 2.22. The highest BCUT2D eigenvalue weighted by Crippen LogP contribution is 2.18. The average molecular weight is 344 g/mol. The number of nitrogens with zero attached hydrogens (tertiary/aromatic N) is 3. The van der Waals surface area contributed by atoms with Crippen molar-refractivity contribution >= 4 is 5.91 Å². The lowest BCUT2D eigenvalue weighted by Crippen LogP contribution is -2.40. The van der Waals surface area contributed by atoms with Gasteiger partial charge in [0.15, 0.2) is 0 Å². The molecule has 1 aliphatic rings. The number of hydrogen-bond acceptors (Lipinski definition) is 5. The summed E-state index contributed by atoms with van der Waals surface area (Å²) in [5, 5.41) is 11.3. The van der Waals surface area contributed by atoms with Gasteiger partial charge < -0.3 is 14.8 Å². The Morgan fingerprint density at radius 1 is 1.36 bits per heavy atom. The minimum absolute atomic E-state index is 0.0414. The zero-order valence-corrected chi connectivity index (χ0v) is 14.6. The molecule has 134 valence electrons. The first-order chi connectivity index (χ1) is 12.1. The molecular formula is C18H24N4O3. The number of carbonyl (C=O) groups is 1. The number of rotatable bonds is 3. The van der Waals surface area contributed by atoms with E-state index in [-0.39, 0.29) is 17.9 Å². The van der Waals surface area contributed by atoms with Crippen LogP contribution in [0.5, 0.6) is 5.75 Å². The van der Waals surface area contributed by atoms with Crippen LogP contribution in [0.3, 0.4) is 0 Å². The summed E-state index contributed by atoms with van der Waals surface area (Å²) in [5.41, 5.74) is 1.92. The van der Waals surface area contributed by atoms with Crippen molar-refractivity contribution in [3.8, 4) is 5.75 Å². The molecule has 0 aliphatic carbocycles. The minimum Gasteiger partial charge on any atom is -0.497 e. The average Bonchev–Trinajstić information content (AvgIpc) is 3.06. The molecule has 2 heterocycles. The number of carbonyl (C=O) groups excluding carboxylic acids is 1. The summed E-state index contributed by atoms with van der Waals surface area (Å²) in [7, 11) is 1.64. The van der Waals surface area contributed by atoms with Gasteiger partial charge >= 0.3 is 0 Å². The lowest BCUT2D eigenvalue weighted by Gasteiger charge is -2.21. The Balaban J connectivity index is 1.74. The Labute approximate surface area is 147 Å². The summed E-state index contributed by atoms with van der Waals surface area (Å²) in [6.07, 6.45) is 3.26. The zero-order chi connectivity index (χ0) is 17.6. The normalized spacial score (nSPS) is 21.8. The first-order valence-corrected chi connectivity index (χ1v) is 8.54. The van der Waals surface area contributed by atoms with Crippen molar-refractivity contribution in [3.05, 3.63) is 41.7 Å². The highest BCUT2D eigenvalue weighted by atomic mass is 16.5. The highest BCUT2D eigenvalue weighted by molar-refractivity contribution is 5.79. The van der Waals surface area contributed by atoms with Gasteiger partial charge in [0.05, 0.1) is 26.5 Å². The lowest BCUT2D eigenvalue weighted by atomic mass is 9.95. The molecule has 25 heavy (non-hydrogen) atoms. The van der Waals surface area contributed by atoms with Crippen molar-refractivity contribution in [2.45, 2.75) is 39.0 Å². The standard InChI is InChI=1S/C18H24N4O3/c1-13-11-25-12-16-10-22(21-20-16)8-7-15(18(23)19-13)9-14-3-5-17(24-2)6-4-14/h3-6,10,13,15H,7-9,11-12H2,1-2H3,(H,19,23)/t13-,15+/m0/s1. The molecule has 0 unspecified atom stereocenters. The number of ether oxygens (including phenoxy) is 2. The zero-order valence-electron chi connectivity index (χ0n) is 14.6. The minimum atomic E-state index is -0.136. The van der Waals surface area contributed by atoms with Crippen molar-refractivity contribution in [1.82, 2.24) is 20.3 Å². The molecule has 0 fully saturated rings. The van der Waals surface area contributed by atoms with E-state index in [1.165, 1.54) is 0 Å². The molecular weight excluding hydrogens is 320 g/mol. The van der Waals surface area contributed by atoms with E-state index in [0.717, 1.165) is 17.0 Å². The molecule has 2 aromatic rings. The molecule has 0 saturated heterocycles. The van der Waals surface area contributed by atoms with Gasteiger partial charge in [0.25, 0.3) is 0 Å². The monoisotopic (exact) mass is 344 g/mol. The molecule has 1 aromatic carbocycles. The van der Waals surface area contributed by atoms with Gasteiger partial charge in [-0.2, -0.15) is 0 Å². The van der Waals surface area contributed by atoms with Crippen LogP contribution in [-0.2, 0) is 29.1 Å². The largest absolute Gasteiger partial charge is 0.497 e. The van der Waals surface area contributed by atoms with Gasteiger partial charge in [-0.05, 0) is 37.5 Å². The van der Waals surface area contributed by atoms with E-state index in [0.29, 0.717) is 32.6 Å². The fourth-order valence-corrected chi connectivity index (χ4v) is 2.92. The van der Waals surface area contributed by atoms with Gasteiger partial charge in [0.1, 0.15) is 11.4 Å². The quantitative estimate of drug-likeness (QED) is 0.914. The maximum absolute atomic E-state index is 12.7. The number of aryl methyl sites for hydroxylation is 1. The predicted molar refractivity (Wildman–Crippen MR) is 92.1 cm³/mol. The van der Waals surface area contributed by atoms with Gasteiger partial charge in [0.2, 0.25) is 5.91 Å². The van der Waals surface area contributed by atoms with Gasteiger partial charge in [-0.15, -0.1) is 5.10 Å². The smallest absolute Gasteiger partial charge is 0.223 e. The summed E-state index contributed by atoms with van der Waals surface area (Å²) in [4.78, 5) is 12.7. The third-order valence-corrected chi connectivity index (χ3v) is 4.31. The molecule has 0 spiro atoms. The topological polar surface area (TPSA) is 78.3 Å². The number of benzene rings is 1. The van der Waals surface area contributed by atoms with E-state index in [2.05, 4.69) is 15.6 Å². The predicted octanol–water partition coefficient (Wildman–Crippen LogP) is 1.57. The molecule has 2 atom stereocenters. The molecule has 7 heteroatoms. The Morgan fingerprint density at radius 2 is 2.16 bits per heavy atom. The molecule has 1 aliphatic heterocycles. The number of nitrogens with one attached hydrogen (secondary N) is 1. The molecule has 1 N–H and O–H groups in total. The van der Waals surface area contributed by atoms with Gasteiger partial charge in [0, 0.05) is 18.5 Å². The van der Waals surface area contributed by atoms with Crippen LogP contribution in [0.15, 0.2) is 30.5 Å². The van der Waals surface area contributed by atoms with Crippen LogP contribution in [0.4, 0.5) is 0 Å². The van der Waals surface area contributed by atoms with E-state index < -0.39 is 0 Å². The maximum atomic E-state index is 12.7. The van der Waals surface area contributed by atoms with Crippen molar-refractivity contribution < 1.29 is 14.3 Å². The van der Waals surface area contributed by atoms with E-state index >= 15 is 0 Å². The van der Waals surface area contributed by atoms with Gasteiger partial charge in [-0.1, -0.05) is 17.3 Å². The molecule has 0 saturated carbocycles. The number of hydrogen-bond donors (Lipinski definition) is 1. The molecule has 7 nitrogen and oxygen atoms in total.